The van der Waals surface area contributed by atoms with Gasteiger partial charge in [-0.05, 0) is 37.7 Å². The van der Waals surface area contributed by atoms with Crippen molar-refractivity contribution in [2.75, 3.05) is 12.8 Å². The Morgan fingerprint density at radius 2 is 2.12 bits per heavy atom. The van der Waals surface area contributed by atoms with E-state index in [1.165, 1.54) is 25.7 Å². The number of urea groups is 1. The first-order valence-corrected chi connectivity index (χ1v) is 10.4. The number of aryl methyl sites for hydroxylation is 1. The molecule has 0 bridgehead atoms. The molecule has 7 nitrogen and oxygen atoms in total. The second kappa shape index (κ2) is 9.56. The quantitative estimate of drug-likeness (QED) is 0.548. The average Bonchev–Trinajstić information content (AvgIpc) is 3.33. The first kappa shape index (κ1) is 18.7. The number of nitrogens with one attached hydrogen (secondary N) is 2. The molecule has 26 heavy (non-hydrogen) atoms. The molecule has 2 aromatic heterocycles. The maximum atomic E-state index is 11.9. The van der Waals surface area contributed by atoms with Gasteiger partial charge in [0.05, 0.1) is 12.2 Å². The van der Waals surface area contributed by atoms with Crippen molar-refractivity contribution in [3.05, 3.63) is 35.9 Å². The molecule has 0 unspecified atom stereocenters. The fourth-order valence-corrected chi connectivity index (χ4v) is 3.90. The number of carbonyl (C=O) groups excluding carboxylic acids is 1. The lowest BCUT2D eigenvalue weighted by Crippen LogP contribution is -2.35. The van der Waals surface area contributed by atoms with Gasteiger partial charge in [0.1, 0.15) is 5.82 Å². The molecule has 8 heteroatoms. The van der Waals surface area contributed by atoms with Gasteiger partial charge in [0.25, 0.3) is 0 Å². The number of nitrogens with zero attached hydrogens (tertiary/aromatic N) is 4. The molecule has 0 radical (unpaired) electrons. The Morgan fingerprint density at radius 1 is 1.27 bits per heavy atom. The Balaban J connectivity index is 1.42. The predicted molar refractivity (Wildman–Crippen MR) is 102 cm³/mol. The third-order valence-electron chi connectivity index (χ3n) is 4.63. The van der Waals surface area contributed by atoms with Gasteiger partial charge in [0.15, 0.2) is 5.16 Å². The monoisotopic (exact) mass is 374 g/mol. The van der Waals surface area contributed by atoms with Gasteiger partial charge < -0.3 is 15.2 Å². The standard InChI is InChI=1S/C18H26N6OS/c1-26-18-23-22-16(24(18)15-8-2-3-9-15)10-6-12-20-17(25)21-13-14-7-4-5-11-19-14/h4-5,7,11,15H,2-3,6,8-10,12-13H2,1H3,(H2,20,21,25). The molecule has 1 aliphatic rings. The zero-order valence-corrected chi connectivity index (χ0v) is 16.0. The Bertz CT molecular complexity index is 699. The van der Waals surface area contributed by atoms with Gasteiger partial charge in [-0.2, -0.15) is 0 Å². The molecule has 140 valence electrons. The van der Waals surface area contributed by atoms with E-state index in [2.05, 4.69) is 30.4 Å². The highest BCUT2D eigenvalue weighted by Gasteiger charge is 2.23. The van der Waals surface area contributed by atoms with Crippen molar-refractivity contribution in [3.8, 4) is 0 Å². The minimum atomic E-state index is -0.169. The normalized spacial score (nSPS) is 14.5. The van der Waals surface area contributed by atoms with E-state index in [1.807, 2.05) is 24.5 Å². The second-order valence-electron chi connectivity index (χ2n) is 6.45. The summed E-state index contributed by atoms with van der Waals surface area (Å²) in [6.45, 7) is 1.04. The second-order valence-corrected chi connectivity index (χ2v) is 7.22. The van der Waals surface area contributed by atoms with Crippen LogP contribution < -0.4 is 10.6 Å². The highest BCUT2D eigenvalue weighted by molar-refractivity contribution is 7.98. The van der Waals surface area contributed by atoms with E-state index >= 15 is 0 Å². The minimum absolute atomic E-state index is 0.169. The fourth-order valence-electron chi connectivity index (χ4n) is 3.33. The number of pyridine rings is 1. The van der Waals surface area contributed by atoms with Gasteiger partial charge in [-0.25, -0.2) is 4.79 Å². The van der Waals surface area contributed by atoms with Crippen LogP contribution in [0.15, 0.2) is 29.6 Å². The van der Waals surface area contributed by atoms with E-state index in [0.29, 0.717) is 19.1 Å². The third-order valence-corrected chi connectivity index (χ3v) is 5.27. The molecular weight excluding hydrogens is 348 g/mol. The van der Waals surface area contributed by atoms with E-state index in [9.17, 15) is 4.79 Å². The van der Waals surface area contributed by atoms with E-state index in [4.69, 9.17) is 0 Å². The molecule has 1 fully saturated rings. The van der Waals surface area contributed by atoms with Crippen LogP contribution in [0.1, 0.15) is 49.7 Å². The Morgan fingerprint density at radius 3 is 2.85 bits per heavy atom. The van der Waals surface area contributed by atoms with Crippen molar-refractivity contribution in [3.63, 3.8) is 0 Å². The molecule has 2 N–H and O–H groups in total. The smallest absolute Gasteiger partial charge is 0.315 e. The van der Waals surface area contributed by atoms with Crippen molar-refractivity contribution in [1.82, 2.24) is 30.4 Å². The number of rotatable bonds is 8. The molecule has 0 aliphatic heterocycles. The summed E-state index contributed by atoms with van der Waals surface area (Å²) in [6, 6.07) is 6.02. The topological polar surface area (TPSA) is 84.7 Å². The van der Waals surface area contributed by atoms with E-state index in [0.717, 1.165) is 29.5 Å². The maximum absolute atomic E-state index is 11.9. The van der Waals surface area contributed by atoms with Crippen LogP contribution in [0.25, 0.3) is 0 Å². The van der Waals surface area contributed by atoms with E-state index in [1.54, 1.807) is 18.0 Å². The first-order chi connectivity index (χ1) is 12.8. The van der Waals surface area contributed by atoms with Gasteiger partial charge in [0.2, 0.25) is 0 Å². The number of aromatic nitrogens is 4. The molecule has 2 heterocycles. The highest BCUT2D eigenvalue weighted by atomic mass is 32.2. The van der Waals surface area contributed by atoms with Crippen LogP contribution in [0.3, 0.4) is 0 Å². The van der Waals surface area contributed by atoms with Crippen LogP contribution in [0.5, 0.6) is 0 Å². The van der Waals surface area contributed by atoms with Crippen molar-refractivity contribution in [1.29, 1.82) is 0 Å². The molecular formula is C18H26N6OS. The molecule has 2 aromatic rings. The van der Waals surface area contributed by atoms with Gasteiger partial charge in [-0.3, -0.25) is 4.98 Å². The van der Waals surface area contributed by atoms with Crippen LogP contribution in [0, 0.1) is 0 Å². The summed E-state index contributed by atoms with van der Waals surface area (Å²) in [4.78, 5) is 16.0. The number of amides is 2. The molecule has 1 saturated carbocycles. The maximum Gasteiger partial charge on any atom is 0.315 e. The SMILES string of the molecule is CSc1nnc(CCCNC(=O)NCc2ccccn2)n1C1CCCC1. The number of thioether (sulfide) groups is 1. The molecule has 2 amide bonds. The van der Waals surface area contributed by atoms with E-state index in [-0.39, 0.29) is 6.03 Å². The zero-order valence-electron chi connectivity index (χ0n) is 15.1. The Labute approximate surface area is 158 Å². The van der Waals surface area contributed by atoms with Crippen LogP contribution in [0.2, 0.25) is 0 Å². The molecule has 0 atom stereocenters. The summed E-state index contributed by atoms with van der Waals surface area (Å²) in [5.74, 6) is 1.04. The van der Waals surface area contributed by atoms with Gasteiger partial charge >= 0.3 is 6.03 Å². The summed E-state index contributed by atoms with van der Waals surface area (Å²) < 4.78 is 2.32. The lowest BCUT2D eigenvalue weighted by atomic mass is 10.2. The predicted octanol–water partition coefficient (Wildman–Crippen LogP) is 2.94. The van der Waals surface area contributed by atoms with E-state index < -0.39 is 0 Å². The van der Waals surface area contributed by atoms with Crippen molar-refractivity contribution in [2.24, 2.45) is 0 Å². The van der Waals surface area contributed by atoms with Gasteiger partial charge in [-0.15, -0.1) is 10.2 Å². The fraction of sp³-hybridized carbons (Fsp3) is 0.556. The Hall–Kier alpha value is -2.09. The largest absolute Gasteiger partial charge is 0.338 e. The highest BCUT2D eigenvalue weighted by Crippen LogP contribution is 2.33. The van der Waals surface area contributed by atoms with Crippen molar-refractivity contribution in [2.45, 2.75) is 56.3 Å². The molecule has 0 aromatic carbocycles. The summed E-state index contributed by atoms with van der Waals surface area (Å²) in [6.07, 6.45) is 10.4. The van der Waals surface area contributed by atoms with Gasteiger partial charge in [-0.1, -0.05) is 30.7 Å². The minimum Gasteiger partial charge on any atom is -0.338 e. The van der Waals surface area contributed by atoms with Gasteiger partial charge in [0, 0.05) is 25.2 Å². The van der Waals surface area contributed by atoms with Crippen molar-refractivity contribution < 1.29 is 4.79 Å². The summed E-state index contributed by atoms with van der Waals surface area (Å²) in [5.41, 5.74) is 0.844. The first-order valence-electron chi connectivity index (χ1n) is 9.17. The van der Waals surface area contributed by atoms with Crippen LogP contribution in [-0.2, 0) is 13.0 Å². The lowest BCUT2D eigenvalue weighted by molar-refractivity contribution is 0.240. The van der Waals surface area contributed by atoms with Crippen LogP contribution >= 0.6 is 11.8 Å². The number of carbonyl (C=O) groups is 1. The lowest BCUT2D eigenvalue weighted by Gasteiger charge is -2.16. The molecule has 0 spiro atoms. The van der Waals surface area contributed by atoms with Crippen LogP contribution in [0.4, 0.5) is 4.79 Å². The Kier molecular flexibility index (Phi) is 6.88. The van der Waals surface area contributed by atoms with Crippen molar-refractivity contribution >= 4 is 17.8 Å². The zero-order chi connectivity index (χ0) is 18.2. The number of hydrogen-bond donors (Lipinski definition) is 2. The molecule has 0 saturated heterocycles. The molecule has 1 aliphatic carbocycles. The number of hydrogen-bond acceptors (Lipinski definition) is 5. The summed E-state index contributed by atoms with van der Waals surface area (Å²) in [7, 11) is 0. The third kappa shape index (κ3) is 4.97. The summed E-state index contributed by atoms with van der Waals surface area (Å²) >= 11 is 1.66. The van der Waals surface area contributed by atoms with Crippen LogP contribution in [-0.4, -0.2) is 38.6 Å². The average molecular weight is 375 g/mol. The molecule has 3 rings (SSSR count). The summed E-state index contributed by atoms with van der Waals surface area (Å²) in [5, 5.41) is 15.4.